The monoisotopic (exact) mass is 385 g/mol. The van der Waals surface area contributed by atoms with Crippen molar-refractivity contribution in [1.82, 2.24) is 24.8 Å². The number of para-hydroxylation sites is 1. The van der Waals surface area contributed by atoms with E-state index >= 15 is 0 Å². The molecule has 144 valence electrons. The second-order valence-corrected chi connectivity index (χ2v) is 7.13. The van der Waals surface area contributed by atoms with Crippen molar-refractivity contribution in [2.24, 2.45) is 0 Å². The van der Waals surface area contributed by atoms with Crippen molar-refractivity contribution in [2.45, 2.75) is 25.8 Å². The molecule has 0 unspecified atom stereocenters. The summed E-state index contributed by atoms with van der Waals surface area (Å²) in [6.07, 6.45) is 5.25. The smallest absolute Gasteiger partial charge is 0.251 e. The van der Waals surface area contributed by atoms with Crippen LogP contribution in [0.1, 0.15) is 28.8 Å². The number of aryl methyl sites for hydroxylation is 1. The molecule has 7 nitrogen and oxygen atoms in total. The standard InChI is InChI=1S/C22H19N5O2/c1-14-7-8-15(21(28)26-16-9-10-16)11-18(14)27-13-25-19-20(27)23-12-24-22(19)29-17-5-3-2-4-6-17/h2-8,11-13,16H,9-10H2,1H3,(H,26,28). The highest BCUT2D eigenvalue weighted by Crippen LogP contribution is 2.28. The van der Waals surface area contributed by atoms with Gasteiger partial charge in [-0.25, -0.2) is 9.97 Å². The molecule has 2 aromatic heterocycles. The van der Waals surface area contributed by atoms with E-state index < -0.39 is 0 Å². The van der Waals surface area contributed by atoms with Crippen molar-refractivity contribution in [3.63, 3.8) is 0 Å². The summed E-state index contributed by atoms with van der Waals surface area (Å²) in [5.74, 6) is 1.01. The molecule has 0 radical (unpaired) electrons. The first-order chi connectivity index (χ1) is 14.2. The lowest BCUT2D eigenvalue weighted by atomic mass is 10.1. The van der Waals surface area contributed by atoms with Crippen LogP contribution >= 0.6 is 0 Å². The van der Waals surface area contributed by atoms with Gasteiger partial charge in [-0.3, -0.25) is 9.36 Å². The van der Waals surface area contributed by atoms with Gasteiger partial charge < -0.3 is 10.1 Å². The van der Waals surface area contributed by atoms with E-state index in [1.807, 2.05) is 60.0 Å². The van der Waals surface area contributed by atoms with Crippen LogP contribution in [0.15, 0.2) is 61.2 Å². The quantitative estimate of drug-likeness (QED) is 0.565. The Labute approximate surface area is 167 Å². The molecule has 0 aliphatic heterocycles. The van der Waals surface area contributed by atoms with Crippen LogP contribution in [-0.2, 0) is 0 Å². The molecule has 0 atom stereocenters. The summed E-state index contributed by atoms with van der Waals surface area (Å²) in [5.41, 5.74) is 3.66. The number of nitrogens with one attached hydrogen (secondary N) is 1. The first kappa shape index (κ1) is 17.4. The van der Waals surface area contributed by atoms with Crippen LogP contribution in [0.25, 0.3) is 16.9 Å². The minimum absolute atomic E-state index is 0.0547. The molecule has 0 saturated heterocycles. The molecule has 1 saturated carbocycles. The van der Waals surface area contributed by atoms with Gasteiger partial charge in [0.25, 0.3) is 11.8 Å². The second kappa shape index (κ2) is 7.01. The molecule has 7 heteroatoms. The molecule has 5 rings (SSSR count). The Bertz CT molecular complexity index is 1200. The number of rotatable bonds is 5. The second-order valence-electron chi connectivity index (χ2n) is 7.13. The molecule has 1 N–H and O–H groups in total. The summed E-state index contributed by atoms with van der Waals surface area (Å²) in [6.45, 7) is 1.99. The van der Waals surface area contributed by atoms with E-state index in [4.69, 9.17) is 4.74 Å². The molecule has 29 heavy (non-hydrogen) atoms. The topological polar surface area (TPSA) is 81.9 Å². The average Bonchev–Trinajstić information content (AvgIpc) is 3.45. The predicted octanol–water partition coefficient (Wildman–Crippen LogP) is 3.81. The van der Waals surface area contributed by atoms with Crippen LogP contribution in [0.3, 0.4) is 0 Å². The summed E-state index contributed by atoms with van der Waals surface area (Å²) >= 11 is 0. The molecule has 4 aromatic rings. The first-order valence-corrected chi connectivity index (χ1v) is 9.52. The third kappa shape index (κ3) is 3.42. The predicted molar refractivity (Wildman–Crippen MR) is 108 cm³/mol. The van der Waals surface area contributed by atoms with Crippen molar-refractivity contribution in [2.75, 3.05) is 0 Å². The number of ether oxygens (including phenoxy) is 1. The number of hydrogen-bond donors (Lipinski definition) is 1. The fourth-order valence-corrected chi connectivity index (χ4v) is 3.17. The number of amides is 1. The van der Waals surface area contributed by atoms with E-state index in [9.17, 15) is 4.79 Å². The third-order valence-electron chi connectivity index (χ3n) is 4.90. The maximum absolute atomic E-state index is 12.5. The van der Waals surface area contributed by atoms with Gasteiger partial charge in [0.05, 0.1) is 5.69 Å². The highest BCUT2D eigenvalue weighted by molar-refractivity contribution is 5.95. The lowest BCUT2D eigenvalue weighted by Gasteiger charge is -2.11. The van der Waals surface area contributed by atoms with Gasteiger partial charge in [-0.2, -0.15) is 4.98 Å². The number of carbonyl (C=O) groups excluding carboxylic acids is 1. The molecular formula is C22H19N5O2. The molecule has 2 heterocycles. The van der Waals surface area contributed by atoms with Crippen molar-refractivity contribution in [3.05, 3.63) is 72.3 Å². The summed E-state index contributed by atoms with van der Waals surface area (Å²) in [7, 11) is 0. The zero-order valence-electron chi connectivity index (χ0n) is 15.9. The Balaban J connectivity index is 1.54. The Morgan fingerprint density at radius 2 is 1.93 bits per heavy atom. The fourth-order valence-electron chi connectivity index (χ4n) is 3.17. The van der Waals surface area contributed by atoms with Gasteiger partial charge >= 0.3 is 0 Å². The molecule has 2 aromatic carbocycles. The summed E-state index contributed by atoms with van der Waals surface area (Å²) < 4.78 is 7.75. The number of aromatic nitrogens is 4. The van der Waals surface area contributed by atoms with Crippen LogP contribution in [0.2, 0.25) is 0 Å². The van der Waals surface area contributed by atoms with Crippen LogP contribution in [0.5, 0.6) is 11.6 Å². The van der Waals surface area contributed by atoms with Gasteiger partial charge in [0.15, 0.2) is 11.2 Å². The minimum Gasteiger partial charge on any atom is -0.437 e. The minimum atomic E-state index is -0.0547. The van der Waals surface area contributed by atoms with Gasteiger partial charge in [0, 0.05) is 11.6 Å². The largest absolute Gasteiger partial charge is 0.437 e. The molecule has 0 spiro atoms. The van der Waals surface area contributed by atoms with E-state index in [-0.39, 0.29) is 5.91 Å². The maximum atomic E-state index is 12.5. The lowest BCUT2D eigenvalue weighted by molar-refractivity contribution is 0.0951. The maximum Gasteiger partial charge on any atom is 0.251 e. The zero-order chi connectivity index (χ0) is 19.8. The average molecular weight is 385 g/mol. The molecule has 1 aliphatic carbocycles. The van der Waals surface area contributed by atoms with Gasteiger partial charge in [-0.1, -0.05) is 24.3 Å². The highest BCUT2D eigenvalue weighted by atomic mass is 16.5. The van der Waals surface area contributed by atoms with Crippen molar-refractivity contribution in [1.29, 1.82) is 0 Å². The molecular weight excluding hydrogens is 366 g/mol. The molecule has 1 fully saturated rings. The first-order valence-electron chi connectivity index (χ1n) is 9.52. The molecule has 0 bridgehead atoms. The van der Waals surface area contributed by atoms with Gasteiger partial charge in [0.2, 0.25) is 0 Å². The van der Waals surface area contributed by atoms with Crippen molar-refractivity contribution >= 4 is 17.1 Å². The Morgan fingerprint density at radius 3 is 2.72 bits per heavy atom. The van der Waals surface area contributed by atoms with E-state index in [2.05, 4.69) is 20.3 Å². The number of fused-ring (bicyclic) bond motifs is 1. The van der Waals surface area contributed by atoms with E-state index in [1.165, 1.54) is 6.33 Å². The number of benzene rings is 2. The fraction of sp³-hybridized carbons (Fsp3) is 0.182. The number of nitrogens with zero attached hydrogens (tertiary/aromatic N) is 4. The number of imidazole rings is 1. The Kier molecular flexibility index (Phi) is 4.20. The summed E-state index contributed by atoms with van der Waals surface area (Å²) in [4.78, 5) is 25.6. The zero-order valence-corrected chi connectivity index (χ0v) is 15.9. The Hall–Kier alpha value is -3.74. The van der Waals surface area contributed by atoms with Crippen molar-refractivity contribution < 1.29 is 9.53 Å². The Morgan fingerprint density at radius 1 is 1.10 bits per heavy atom. The van der Waals surface area contributed by atoms with Crippen LogP contribution in [0.4, 0.5) is 0 Å². The van der Waals surface area contributed by atoms with Gasteiger partial charge in [-0.15, -0.1) is 0 Å². The van der Waals surface area contributed by atoms with E-state index in [0.29, 0.717) is 34.4 Å². The summed E-state index contributed by atoms with van der Waals surface area (Å²) in [6, 6.07) is 15.4. The van der Waals surface area contributed by atoms with E-state index in [1.54, 1.807) is 6.33 Å². The summed E-state index contributed by atoms with van der Waals surface area (Å²) in [5, 5.41) is 3.03. The van der Waals surface area contributed by atoms with Gasteiger partial charge in [0.1, 0.15) is 18.4 Å². The molecule has 1 aliphatic rings. The van der Waals surface area contributed by atoms with Crippen LogP contribution in [-0.4, -0.2) is 31.5 Å². The number of hydrogen-bond acceptors (Lipinski definition) is 5. The lowest BCUT2D eigenvalue weighted by Crippen LogP contribution is -2.25. The van der Waals surface area contributed by atoms with Crippen LogP contribution in [0, 0.1) is 6.92 Å². The number of carbonyl (C=O) groups is 1. The van der Waals surface area contributed by atoms with Gasteiger partial charge in [-0.05, 0) is 49.6 Å². The SMILES string of the molecule is Cc1ccc(C(=O)NC2CC2)cc1-n1cnc2c(Oc3ccccc3)ncnc21. The van der Waals surface area contributed by atoms with E-state index in [0.717, 1.165) is 24.1 Å². The van der Waals surface area contributed by atoms with Crippen LogP contribution < -0.4 is 10.1 Å². The van der Waals surface area contributed by atoms with Crippen molar-refractivity contribution in [3.8, 4) is 17.3 Å². The molecule has 1 amide bonds. The normalized spacial score (nSPS) is 13.4. The third-order valence-corrected chi connectivity index (χ3v) is 4.90. The highest BCUT2D eigenvalue weighted by Gasteiger charge is 2.24.